The Balaban J connectivity index is 2.99. The molecule has 8 heteroatoms. The average Bonchev–Trinajstić information content (AvgIpc) is 2.34. The fraction of sp³-hybridized carbons (Fsp3) is 0.333. The summed E-state index contributed by atoms with van der Waals surface area (Å²) in [6, 6.07) is 5.76. The van der Waals surface area contributed by atoms with Gasteiger partial charge in [-0.25, -0.2) is 4.79 Å². The van der Waals surface area contributed by atoms with Crippen LogP contribution in [0.15, 0.2) is 30.3 Å². The molecule has 0 aliphatic heterocycles. The summed E-state index contributed by atoms with van der Waals surface area (Å²) >= 11 is 0. The van der Waals surface area contributed by atoms with Gasteiger partial charge >= 0.3 is 12.1 Å². The molecule has 1 amide bonds. The summed E-state index contributed by atoms with van der Waals surface area (Å²) in [6.45, 7) is 0.478. The molecule has 2 atom stereocenters. The first-order valence-corrected chi connectivity index (χ1v) is 5.51. The van der Waals surface area contributed by atoms with Crippen molar-refractivity contribution in [3.8, 4) is 0 Å². The van der Waals surface area contributed by atoms with Crippen molar-refractivity contribution in [1.82, 2.24) is 5.32 Å². The van der Waals surface area contributed by atoms with E-state index in [2.05, 4.69) is 0 Å². The van der Waals surface area contributed by atoms with Crippen molar-refractivity contribution in [3.63, 3.8) is 0 Å². The van der Waals surface area contributed by atoms with Crippen molar-refractivity contribution in [3.05, 3.63) is 35.9 Å². The Morgan fingerprint density at radius 2 is 1.75 bits per heavy atom. The molecule has 0 saturated heterocycles. The maximum Gasteiger partial charge on any atom is 0.415 e. The Labute approximate surface area is 112 Å². The predicted molar refractivity (Wildman–Crippen MR) is 63.6 cm³/mol. The van der Waals surface area contributed by atoms with Crippen LogP contribution in [0.5, 0.6) is 0 Å². The summed E-state index contributed by atoms with van der Waals surface area (Å²) in [6.07, 6.45) is -4.99. The number of rotatable bonds is 4. The van der Waals surface area contributed by atoms with Crippen LogP contribution in [0, 0.1) is 0 Å². The summed E-state index contributed by atoms with van der Waals surface area (Å²) in [5.41, 5.74) is 1.91. The van der Waals surface area contributed by atoms with E-state index < -0.39 is 29.6 Å². The van der Waals surface area contributed by atoms with E-state index in [0.29, 0.717) is 6.92 Å². The number of hydrogen-bond donors (Lipinski definition) is 3. The minimum atomic E-state index is -4.99. The maximum absolute atomic E-state index is 12.6. The van der Waals surface area contributed by atoms with Gasteiger partial charge in [-0.1, -0.05) is 30.3 Å². The van der Waals surface area contributed by atoms with Gasteiger partial charge in [-0.05, 0) is 12.5 Å². The molecule has 1 rings (SSSR count). The molecule has 0 aliphatic carbocycles. The Hall–Kier alpha value is -2.09. The standard InChI is InChI=1S/C12H13F3N2O3/c1-11(16,12(13,14)15)10(20)17-8(9(18)19)7-5-3-2-4-6-7/h2-6,8H,16H2,1H3,(H,17,20)(H,18,19). The van der Waals surface area contributed by atoms with Gasteiger partial charge in [-0.15, -0.1) is 0 Å². The second-order valence-electron chi connectivity index (χ2n) is 4.36. The molecule has 1 aromatic carbocycles. The van der Waals surface area contributed by atoms with Crippen molar-refractivity contribution in [2.24, 2.45) is 5.73 Å². The lowest BCUT2D eigenvalue weighted by atomic mass is 10.00. The lowest BCUT2D eigenvalue weighted by Crippen LogP contribution is -2.62. The van der Waals surface area contributed by atoms with Crippen LogP contribution < -0.4 is 11.1 Å². The van der Waals surface area contributed by atoms with Gasteiger partial charge < -0.3 is 16.2 Å². The summed E-state index contributed by atoms with van der Waals surface area (Å²) in [5.74, 6) is -3.09. The van der Waals surface area contributed by atoms with Crippen molar-refractivity contribution in [2.75, 3.05) is 0 Å². The minimum Gasteiger partial charge on any atom is -0.479 e. The van der Waals surface area contributed by atoms with Crippen LogP contribution in [-0.2, 0) is 9.59 Å². The van der Waals surface area contributed by atoms with E-state index in [4.69, 9.17) is 10.8 Å². The maximum atomic E-state index is 12.6. The minimum absolute atomic E-state index is 0.145. The number of carboxylic acids is 1. The van der Waals surface area contributed by atoms with E-state index in [0.717, 1.165) is 0 Å². The third-order valence-corrected chi connectivity index (χ3v) is 2.72. The fourth-order valence-corrected chi connectivity index (χ4v) is 1.34. The van der Waals surface area contributed by atoms with Gasteiger partial charge in [0.15, 0.2) is 11.6 Å². The van der Waals surface area contributed by atoms with Gasteiger partial charge in [-0.2, -0.15) is 13.2 Å². The molecule has 20 heavy (non-hydrogen) atoms. The number of nitrogens with two attached hydrogens (primary N) is 1. The molecule has 0 radical (unpaired) electrons. The average molecular weight is 290 g/mol. The number of hydrogen-bond acceptors (Lipinski definition) is 3. The molecule has 0 fully saturated rings. The van der Waals surface area contributed by atoms with Gasteiger partial charge in [0.05, 0.1) is 0 Å². The van der Waals surface area contributed by atoms with Crippen LogP contribution in [0.2, 0.25) is 0 Å². The van der Waals surface area contributed by atoms with Crippen LogP contribution in [0.3, 0.4) is 0 Å². The zero-order chi connectivity index (χ0) is 15.6. The van der Waals surface area contributed by atoms with Gasteiger partial charge in [0.25, 0.3) is 0 Å². The first kappa shape index (κ1) is 16.0. The highest BCUT2D eigenvalue weighted by Gasteiger charge is 2.54. The SMILES string of the molecule is CC(N)(C(=O)NC(C(=O)O)c1ccccc1)C(F)(F)F. The van der Waals surface area contributed by atoms with Crippen molar-refractivity contribution in [1.29, 1.82) is 0 Å². The van der Waals surface area contributed by atoms with E-state index in [1.165, 1.54) is 24.3 Å². The predicted octanol–water partition coefficient (Wildman–Crippen LogP) is 1.21. The van der Waals surface area contributed by atoms with E-state index >= 15 is 0 Å². The molecule has 1 aromatic rings. The molecule has 0 spiro atoms. The third kappa shape index (κ3) is 3.27. The molecule has 4 N–H and O–H groups in total. The summed E-state index contributed by atoms with van der Waals surface area (Å²) in [7, 11) is 0. The summed E-state index contributed by atoms with van der Waals surface area (Å²) < 4.78 is 37.8. The Kier molecular flexibility index (Phi) is 4.39. The molecule has 0 saturated carbocycles. The molecule has 0 aliphatic rings. The highest BCUT2D eigenvalue weighted by Crippen LogP contribution is 2.28. The quantitative estimate of drug-likeness (QED) is 0.777. The van der Waals surface area contributed by atoms with Crippen LogP contribution in [0.4, 0.5) is 13.2 Å². The van der Waals surface area contributed by atoms with Gasteiger partial charge in [0.2, 0.25) is 5.91 Å². The van der Waals surface area contributed by atoms with E-state index in [9.17, 15) is 22.8 Å². The summed E-state index contributed by atoms with van der Waals surface area (Å²) in [4.78, 5) is 22.7. The first-order chi connectivity index (χ1) is 9.07. The number of halogens is 3. The molecular weight excluding hydrogens is 277 g/mol. The molecule has 5 nitrogen and oxygen atoms in total. The fourth-order valence-electron chi connectivity index (χ4n) is 1.34. The van der Waals surface area contributed by atoms with Crippen LogP contribution in [-0.4, -0.2) is 28.7 Å². The molecule has 2 unspecified atom stereocenters. The van der Waals surface area contributed by atoms with Crippen molar-refractivity contribution >= 4 is 11.9 Å². The smallest absolute Gasteiger partial charge is 0.415 e. The van der Waals surface area contributed by atoms with Crippen molar-refractivity contribution < 1.29 is 27.9 Å². The number of alkyl halides is 3. The monoisotopic (exact) mass is 290 g/mol. The summed E-state index contributed by atoms with van der Waals surface area (Å²) in [5, 5.41) is 10.8. The van der Waals surface area contributed by atoms with Gasteiger partial charge in [-0.3, -0.25) is 4.79 Å². The van der Waals surface area contributed by atoms with Crippen LogP contribution in [0.1, 0.15) is 18.5 Å². The molecule has 0 aromatic heterocycles. The lowest BCUT2D eigenvalue weighted by Gasteiger charge is -2.28. The largest absolute Gasteiger partial charge is 0.479 e. The Morgan fingerprint density at radius 3 is 2.15 bits per heavy atom. The van der Waals surface area contributed by atoms with Crippen LogP contribution in [0.25, 0.3) is 0 Å². The number of benzene rings is 1. The lowest BCUT2D eigenvalue weighted by molar-refractivity contribution is -0.188. The first-order valence-electron chi connectivity index (χ1n) is 5.51. The number of nitrogens with one attached hydrogen (secondary N) is 1. The highest BCUT2D eigenvalue weighted by molar-refractivity contribution is 5.90. The normalized spacial score (nSPS) is 16.1. The topological polar surface area (TPSA) is 92.4 Å². The van der Waals surface area contributed by atoms with Crippen LogP contribution >= 0.6 is 0 Å². The van der Waals surface area contributed by atoms with Gasteiger partial charge in [0, 0.05) is 0 Å². The van der Waals surface area contributed by atoms with E-state index in [-0.39, 0.29) is 5.56 Å². The number of carbonyl (C=O) groups is 2. The zero-order valence-corrected chi connectivity index (χ0v) is 10.4. The zero-order valence-electron chi connectivity index (χ0n) is 10.4. The van der Waals surface area contributed by atoms with E-state index in [1.54, 1.807) is 11.4 Å². The van der Waals surface area contributed by atoms with Crippen molar-refractivity contribution in [2.45, 2.75) is 24.7 Å². The molecule has 110 valence electrons. The van der Waals surface area contributed by atoms with E-state index in [1.807, 2.05) is 0 Å². The second-order valence-corrected chi connectivity index (χ2v) is 4.36. The van der Waals surface area contributed by atoms with Gasteiger partial charge in [0.1, 0.15) is 0 Å². The molecule has 0 bridgehead atoms. The second kappa shape index (κ2) is 5.49. The Bertz CT molecular complexity index is 500. The number of amides is 1. The Morgan fingerprint density at radius 1 is 1.25 bits per heavy atom. The number of aliphatic carboxylic acids is 1. The highest BCUT2D eigenvalue weighted by atomic mass is 19.4. The number of carboxylic acid groups (broad SMARTS) is 1. The molecule has 0 heterocycles. The number of carbonyl (C=O) groups excluding carboxylic acids is 1. The molecular formula is C12H13F3N2O3. The third-order valence-electron chi connectivity index (χ3n) is 2.72.